The van der Waals surface area contributed by atoms with E-state index in [1.54, 1.807) is 4.90 Å². The number of carbonyl (C=O) groups excluding carboxylic acids is 3. The first-order valence-corrected chi connectivity index (χ1v) is 11.5. The number of rotatable bonds is 5. The third-order valence-corrected chi connectivity index (χ3v) is 7.57. The van der Waals surface area contributed by atoms with Crippen molar-refractivity contribution in [1.82, 2.24) is 4.90 Å². The molecule has 0 N–H and O–H groups in total. The number of fused-ring (bicyclic) bond motifs is 1. The lowest BCUT2D eigenvalue weighted by molar-refractivity contribution is -0.176. The second-order valence-electron chi connectivity index (χ2n) is 9.02. The number of nitrogens with zero attached hydrogens (tertiary/aromatic N) is 1. The normalized spacial score (nSPS) is 28.9. The summed E-state index contributed by atoms with van der Waals surface area (Å²) >= 11 is 0. The van der Waals surface area contributed by atoms with Gasteiger partial charge in [0.25, 0.3) is 0 Å². The molecular weight excluding hydrogens is 434 g/mol. The Labute approximate surface area is 198 Å². The van der Waals surface area contributed by atoms with Gasteiger partial charge in [-0.3, -0.25) is 14.5 Å². The number of allylic oxidation sites excluding steroid dienone is 2. The fraction of sp³-hybridized carbons (Fsp3) is 0.370. The van der Waals surface area contributed by atoms with Crippen molar-refractivity contribution in [1.29, 1.82) is 0 Å². The van der Waals surface area contributed by atoms with Gasteiger partial charge in [-0.25, -0.2) is 4.79 Å². The molecule has 1 saturated carbocycles. The quantitative estimate of drug-likeness (QED) is 0.287. The number of hydrogen-bond donors (Lipinski definition) is 0. The van der Waals surface area contributed by atoms with Crippen LogP contribution in [0, 0.1) is 17.3 Å². The van der Waals surface area contributed by atoms with Crippen molar-refractivity contribution in [3.05, 3.63) is 83.9 Å². The Morgan fingerprint density at radius 2 is 1.53 bits per heavy atom. The second-order valence-corrected chi connectivity index (χ2v) is 9.02. The van der Waals surface area contributed by atoms with E-state index in [1.807, 2.05) is 72.8 Å². The number of amides is 1. The highest BCUT2D eigenvalue weighted by Crippen LogP contribution is 2.58. The molecule has 1 heterocycles. The van der Waals surface area contributed by atoms with E-state index in [2.05, 4.69) is 0 Å². The monoisotopic (exact) mass is 461 g/mol. The molecule has 1 amide bonds. The van der Waals surface area contributed by atoms with Crippen molar-refractivity contribution in [3.8, 4) is 0 Å². The van der Waals surface area contributed by atoms with Crippen LogP contribution in [0.4, 0.5) is 4.79 Å². The first-order chi connectivity index (χ1) is 16.5. The first-order valence-electron chi connectivity index (χ1n) is 11.5. The Hall–Kier alpha value is -3.61. The van der Waals surface area contributed by atoms with E-state index in [0.29, 0.717) is 12.8 Å². The third kappa shape index (κ3) is 3.14. The minimum Gasteiger partial charge on any atom is -0.468 e. The van der Waals surface area contributed by atoms with Crippen molar-refractivity contribution >= 4 is 18.0 Å². The Kier molecular flexibility index (Phi) is 5.63. The zero-order chi connectivity index (χ0) is 23.9. The highest BCUT2D eigenvalue weighted by molar-refractivity contribution is 6.02. The van der Waals surface area contributed by atoms with Crippen LogP contribution >= 0.6 is 0 Å². The summed E-state index contributed by atoms with van der Waals surface area (Å²) in [6, 6.07) is 17.8. The predicted octanol–water partition coefficient (Wildman–Crippen LogP) is 4.22. The van der Waals surface area contributed by atoms with Gasteiger partial charge in [0.1, 0.15) is 6.04 Å². The molecule has 3 unspecified atom stereocenters. The highest BCUT2D eigenvalue weighted by atomic mass is 16.6. The summed E-state index contributed by atoms with van der Waals surface area (Å²) in [6.07, 6.45) is 3.82. The maximum atomic E-state index is 13.5. The molecule has 2 fully saturated rings. The SMILES string of the molecule is COC(=O)C1(C(=O)OC)C2CC=CC2CC1N1C(=O)O[C@H](c2ccccc2)[C@@H]1c1ccccc1. The molecule has 0 bridgehead atoms. The lowest BCUT2D eigenvalue weighted by Crippen LogP contribution is -2.57. The van der Waals surface area contributed by atoms with Gasteiger partial charge in [-0.1, -0.05) is 72.8 Å². The van der Waals surface area contributed by atoms with Crippen LogP contribution in [0.15, 0.2) is 72.8 Å². The minimum absolute atomic E-state index is 0.0526. The number of cyclic esters (lactones) is 1. The molecule has 2 aromatic rings. The Morgan fingerprint density at radius 1 is 0.941 bits per heavy atom. The average molecular weight is 462 g/mol. The molecule has 0 aromatic heterocycles. The van der Waals surface area contributed by atoms with Gasteiger partial charge in [0.05, 0.1) is 20.3 Å². The molecule has 1 aliphatic heterocycles. The van der Waals surface area contributed by atoms with E-state index in [4.69, 9.17) is 14.2 Å². The van der Waals surface area contributed by atoms with Gasteiger partial charge < -0.3 is 14.2 Å². The topological polar surface area (TPSA) is 82.1 Å². The van der Waals surface area contributed by atoms with Crippen molar-refractivity contribution < 1.29 is 28.6 Å². The van der Waals surface area contributed by atoms with Crippen LogP contribution < -0.4 is 0 Å². The number of benzene rings is 2. The van der Waals surface area contributed by atoms with Crippen LogP contribution in [0.2, 0.25) is 0 Å². The Morgan fingerprint density at radius 3 is 2.12 bits per heavy atom. The van der Waals surface area contributed by atoms with Gasteiger partial charge in [0, 0.05) is 0 Å². The summed E-state index contributed by atoms with van der Waals surface area (Å²) in [5, 5.41) is 0. The standard InChI is InChI=1S/C27H27NO6/c1-32-24(29)27(25(30)33-2)20-15-9-14-19(20)16-21(27)28-22(17-10-5-3-6-11-17)23(34-26(28)31)18-12-7-4-8-13-18/h3-14,19-23H,15-16H2,1-2H3/t19?,20?,21?,22-,23+/m0/s1. The van der Waals surface area contributed by atoms with Crippen molar-refractivity contribution in [2.75, 3.05) is 14.2 Å². The van der Waals surface area contributed by atoms with Crippen molar-refractivity contribution in [2.45, 2.75) is 31.0 Å². The molecule has 0 spiro atoms. The predicted molar refractivity (Wildman–Crippen MR) is 122 cm³/mol. The number of ether oxygens (including phenoxy) is 3. The lowest BCUT2D eigenvalue weighted by atomic mass is 9.72. The first kappa shape index (κ1) is 22.2. The van der Waals surface area contributed by atoms with Crippen LogP contribution in [0.5, 0.6) is 0 Å². The molecule has 7 nitrogen and oxygen atoms in total. The molecule has 176 valence electrons. The minimum atomic E-state index is -1.64. The molecular formula is C27H27NO6. The largest absolute Gasteiger partial charge is 0.468 e. The molecule has 7 heteroatoms. The fourth-order valence-electron chi connectivity index (χ4n) is 6.19. The summed E-state index contributed by atoms with van der Waals surface area (Å²) < 4.78 is 16.3. The van der Waals surface area contributed by atoms with Crippen LogP contribution in [-0.2, 0) is 23.8 Å². The van der Waals surface area contributed by atoms with E-state index in [0.717, 1.165) is 11.1 Å². The Balaban J connectivity index is 1.68. The number of carbonyl (C=O) groups is 3. The fourth-order valence-corrected chi connectivity index (χ4v) is 6.19. The lowest BCUT2D eigenvalue weighted by Gasteiger charge is -2.40. The molecule has 0 radical (unpaired) electrons. The maximum Gasteiger partial charge on any atom is 0.411 e. The summed E-state index contributed by atoms with van der Waals surface area (Å²) in [5.41, 5.74) is 0.0559. The van der Waals surface area contributed by atoms with E-state index < -0.39 is 41.6 Å². The van der Waals surface area contributed by atoms with Crippen LogP contribution in [0.1, 0.15) is 36.1 Å². The van der Waals surface area contributed by atoms with Crippen molar-refractivity contribution in [2.24, 2.45) is 17.3 Å². The van der Waals surface area contributed by atoms with Gasteiger partial charge in [0.2, 0.25) is 0 Å². The molecule has 5 rings (SSSR count). The maximum absolute atomic E-state index is 13.5. The molecule has 2 aromatic carbocycles. The molecule has 1 saturated heterocycles. The molecule has 3 aliphatic rings. The number of esters is 2. The molecule has 5 atom stereocenters. The van der Waals surface area contributed by atoms with Gasteiger partial charge in [-0.05, 0) is 35.8 Å². The Bertz CT molecular complexity index is 1100. The van der Waals surface area contributed by atoms with E-state index >= 15 is 0 Å². The zero-order valence-electron chi connectivity index (χ0n) is 19.1. The van der Waals surface area contributed by atoms with E-state index in [-0.39, 0.29) is 11.8 Å². The second kappa shape index (κ2) is 8.63. The van der Waals surface area contributed by atoms with Gasteiger partial charge >= 0.3 is 18.0 Å². The summed E-state index contributed by atoms with van der Waals surface area (Å²) in [6.45, 7) is 0. The average Bonchev–Trinajstić information content (AvgIpc) is 3.56. The molecule has 2 aliphatic carbocycles. The third-order valence-electron chi connectivity index (χ3n) is 7.57. The van der Waals surface area contributed by atoms with E-state index in [1.165, 1.54) is 14.2 Å². The van der Waals surface area contributed by atoms with Crippen molar-refractivity contribution in [3.63, 3.8) is 0 Å². The van der Waals surface area contributed by atoms with Gasteiger partial charge in [0.15, 0.2) is 11.5 Å². The zero-order valence-corrected chi connectivity index (χ0v) is 19.1. The van der Waals surface area contributed by atoms with E-state index in [9.17, 15) is 14.4 Å². The molecule has 34 heavy (non-hydrogen) atoms. The van der Waals surface area contributed by atoms with Crippen LogP contribution in [0.3, 0.4) is 0 Å². The smallest absolute Gasteiger partial charge is 0.411 e. The summed E-state index contributed by atoms with van der Waals surface area (Å²) in [4.78, 5) is 42.0. The van der Waals surface area contributed by atoms with Crippen LogP contribution in [0.25, 0.3) is 0 Å². The number of methoxy groups -OCH3 is 2. The van der Waals surface area contributed by atoms with Gasteiger partial charge in [-0.2, -0.15) is 0 Å². The van der Waals surface area contributed by atoms with Gasteiger partial charge in [-0.15, -0.1) is 0 Å². The highest BCUT2D eigenvalue weighted by Gasteiger charge is 2.70. The summed E-state index contributed by atoms with van der Waals surface area (Å²) in [5.74, 6) is -1.76. The van der Waals surface area contributed by atoms with Crippen LogP contribution in [-0.4, -0.2) is 43.2 Å². The summed E-state index contributed by atoms with van der Waals surface area (Å²) in [7, 11) is 2.53. The number of hydrogen-bond acceptors (Lipinski definition) is 6.